The highest BCUT2D eigenvalue weighted by atomic mass is 35.5. The number of nitrogens with zero attached hydrogens (tertiary/aromatic N) is 2. The minimum absolute atomic E-state index is 0.108. The van der Waals surface area contributed by atoms with E-state index in [1.807, 2.05) is 0 Å². The summed E-state index contributed by atoms with van der Waals surface area (Å²) in [5.41, 5.74) is 0. The van der Waals surface area contributed by atoms with Crippen LogP contribution < -0.4 is 0 Å². The monoisotopic (exact) mass is 400 g/mol. The van der Waals surface area contributed by atoms with Gasteiger partial charge >= 0.3 is 0 Å². The van der Waals surface area contributed by atoms with E-state index in [0.717, 1.165) is 0 Å². The predicted molar refractivity (Wildman–Crippen MR) is 95.4 cm³/mol. The first-order valence-corrected chi connectivity index (χ1v) is 10.9. The van der Waals surface area contributed by atoms with Gasteiger partial charge in [-0.2, -0.15) is 8.61 Å². The Morgan fingerprint density at radius 1 is 0.640 bits per heavy atom. The highest BCUT2D eigenvalue weighted by molar-refractivity contribution is 7.89. The van der Waals surface area contributed by atoms with Gasteiger partial charge in [-0.3, -0.25) is 0 Å². The molecule has 0 saturated carbocycles. The standard InChI is InChI=1S/C16H17ClN2O4S2/c17-14-6-8-16(9-7-14)25(22,23)19-12-10-18(11-13-19)24(20,21)15-4-2-1-3-5-15/h1-9H,10-13H2. The molecule has 0 spiro atoms. The topological polar surface area (TPSA) is 74.8 Å². The van der Waals surface area contributed by atoms with Gasteiger partial charge in [-0.25, -0.2) is 16.8 Å². The molecule has 0 radical (unpaired) electrons. The van der Waals surface area contributed by atoms with Gasteiger partial charge in [0.25, 0.3) is 0 Å². The van der Waals surface area contributed by atoms with Gasteiger partial charge in [0, 0.05) is 31.2 Å². The Kier molecular flexibility index (Phi) is 5.17. The number of hydrogen-bond donors (Lipinski definition) is 0. The second kappa shape index (κ2) is 7.05. The number of sulfonamides is 2. The second-order valence-electron chi connectivity index (χ2n) is 5.58. The molecule has 0 unspecified atom stereocenters. The molecule has 2 aromatic carbocycles. The zero-order valence-electron chi connectivity index (χ0n) is 13.2. The van der Waals surface area contributed by atoms with Crippen molar-refractivity contribution in [2.45, 2.75) is 9.79 Å². The molecule has 9 heteroatoms. The molecule has 0 N–H and O–H groups in total. The van der Waals surface area contributed by atoms with E-state index in [1.165, 1.54) is 45.0 Å². The van der Waals surface area contributed by atoms with Gasteiger partial charge in [0.1, 0.15) is 0 Å². The van der Waals surface area contributed by atoms with Crippen molar-refractivity contribution in [3.05, 3.63) is 59.6 Å². The fourth-order valence-electron chi connectivity index (χ4n) is 2.65. The molecule has 134 valence electrons. The summed E-state index contributed by atoms with van der Waals surface area (Å²) < 4.78 is 53.1. The van der Waals surface area contributed by atoms with Gasteiger partial charge in [0.2, 0.25) is 20.0 Å². The van der Waals surface area contributed by atoms with Crippen LogP contribution in [0.25, 0.3) is 0 Å². The van der Waals surface area contributed by atoms with E-state index in [2.05, 4.69) is 0 Å². The molecule has 3 rings (SSSR count). The van der Waals surface area contributed by atoms with Crippen LogP contribution >= 0.6 is 11.6 Å². The van der Waals surface area contributed by atoms with E-state index in [1.54, 1.807) is 18.2 Å². The molecule has 25 heavy (non-hydrogen) atoms. The Morgan fingerprint density at radius 3 is 1.48 bits per heavy atom. The maximum Gasteiger partial charge on any atom is 0.243 e. The molecule has 1 fully saturated rings. The van der Waals surface area contributed by atoms with Crippen molar-refractivity contribution in [1.29, 1.82) is 0 Å². The van der Waals surface area contributed by atoms with Crippen molar-refractivity contribution < 1.29 is 16.8 Å². The summed E-state index contributed by atoms with van der Waals surface area (Å²) in [7, 11) is -7.27. The lowest BCUT2D eigenvalue weighted by Crippen LogP contribution is -2.50. The van der Waals surface area contributed by atoms with Gasteiger partial charge in [0.15, 0.2) is 0 Å². The van der Waals surface area contributed by atoms with Crippen molar-refractivity contribution in [2.75, 3.05) is 26.2 Å². The van der Waals surface area contributed by atoms with Gasteiger partial charge in [-0.1, -0.05) is 29.8 Å². The Balaban J connectivity index is 1.75. The third kappa shape index (κ3) is 3.73. The Morgan fingerprint density at radius 2 is 1.04 bits per heavy atom. The number of halogens is 1. The van der Waals surface area contributed by atoms with E-state index >= 15 is 0 Å². The molecule has 1 aliphatic rings. The third-order valence-corrected chi connectivity index (χ3v) is 8.11. The smallest absolute Gasteiger partial charge is 0.207 e. The lowest BCUT2D eigenvalue weighted by molar-refractivity contribution is 0.273. The number of benzene rings is 2. The second-order valence-corrected chi connectivity index (χ2v) is 9.89. The van der Waals surface area contributed by atoms with Crippen LogP contribution in [-0.4, -0.2) is 51.6 Å². The highest BCUT2D eigenvalue weighted by Gasteiger charge is 2.33. The Labute approximate surface area is 152 Å². The van der Waals surface area contributed by atoms with Crippen LogP contribution in [0, 0.1) is 0 Å². The van der Waals surface area contributed by atoms with E-state index in [-0.39, 0.29) is 36.0 Å². The molecule has 1 aliphatic heterocycles. The van der Waals surface area contributed by atoms with Gasteiger partial charge in [0.05, 0.1) is 9.79 Å². The summed E-state index contributed by atoms with van der Waals surface area (Å²) in [6.45, 7) is 0.447. The normalized spacial score (nSPS) is 17.5. The zero-order valence-corrected chi connectivity index (χ0v) is 15.6. The maximum absolute atomic E-state index is 12.6. The van der Waals surface area contributed by atoms with Crippen molar-refractivity contribution in [2.24, 2.45) is 0 Å². The molecule has 2 aromatic rings. The van der Waals surface area contributed by atoms with Crippen molar-refractivity contribution in [1.82, 2.24) is 8.61 Å². The molecule has 6 nitrogen and oxygen atoms in total. The molecule has 0 aromatic heterocycles. The molecule has 0 aliphatic carbocycles. The summed E-state index contributed by atoms with van der Waals surface area (Å²) in [4.78, 5) is 0.361. The van der Waals surface area contributed by atoms with E-state index in [9.17, 15) is 16.8 Å². The first-order valence-electron chi connectivity index (χ1n) is 7.63. The average Bonchev–Trinajstić information content (AvgIpc) is 2.63. The van der Waals surface area contributed by atoms with Crippen LogP contribution in [0.1, 0.15) is 0 Å². The zero-order chi connectivity index (χ0) is 18.1. The SMILES string of the molecule is O=S(=O)(c1ccccc1)N1CCN(S(=O)(=O)c2ccc(Cl)cc2)CC1. The summed E-state index contributed by atoms with van der Waals surface area (Å²) in [5, 5.41) is 0.456. The molecular weight excluding hydrogens is 384 g/mol. The average molecular weight is 401 g/mol. The van der Waals surface area contributed by atoms with Gasteiger partial charge < -0.3 is 0 Å². The minimum Gasteiger partial charge on any atom is -0.207 e. The highest BCUT2D eigenvalue weighted by Crippen LogP contribution is 2.22. The van der Waals surface area contributed by atoms with Gasteiger partial charge in [-0.15, -0.1) is 0 Å². The largest absolute Gasteiger partial charge is 0.243 e. The fraction of sp³-hybridized carbons (Fsp3) is 0.250. The van der Waals surface area contributed by atoms with Crippen molar-refractivity contribution >= 4 is 31.6 Å². The minimum atomic E-state index is -3.66. The van der Waals surface area contributed by atoms with Crippen molar-refractivity contribution in [3.63, 3.8) is 0 Å². The first kappa shape index (κ1) is 18.3. The summed E-state index contributed by atoms with van der Waals surface area (Å²) in [6.07, 6.45) is 0. The van der Waals surface area contributed by atoms with E-state index in [0.29, 0.717) is 5.02 Å². The quantitative estimate of drug-likeness (QED) is 0.787. The van der Waals surface area contributed by atoms with Gasteiger partial charge in [-0.05, 0) is 36.4 Å². The van der Waals surface area contributed by atoms with Crippen LogP contribution in [0.5, 0.6) is 0 Å². The van der Waals surface area contributed by atoms with E-state index < -0.39 is 20.0 Å². The van der Waals surface area contributed by atoms with Crippen LogP contribution in [0.15, 0.2) is 64.4 Å². The Bertz CT molecular complexity index is 937. The number of piperazine rings is 1. The van der Waals surface area contributed by atoms with Crippen molar-refractivity contribution in [3.8, 4) is 0 Å². The predicted octanol–water partition coefficient (Wildman–Crippen LogP) is 2.04. The third-order valence-electron chi connectivity index (χ3n) is 4.03. The summed E-state index contributed by atoms with van der Waals surface area (Å²) >= 11 is 5.79. The van der Waals surface area contributed by atoms with Crippen LogP contribution in [-0.2, 0) is 20.0 Å². The number of rotatable bonds is 4. The molecule has 1 heterocycles. The van der Waals surface area contributed by atoms with Crippen LogP contribution in [0.4, 0.5) is 0 Å². The molecule has 1 saturated heterocycles. The molecule has 0 amide bonds. The number of hydrogen-bond acceptors (Lipinski definition) is 4. The van der Waals surface area contributed by atoms with E-state index in [4.69, 9.17) is 11.6 Å². The summed E-state index contributed by atoms with van der Waals surface area (Å²) in [6, 6.07) is 14.1. The molecule has 0 bridgehead atoms. The Hall–Kier alpha value is -1.45. The lowest BCUT2D eigenvalue weighted by Gasteiger charge is -2.33. The molecule has 0 atom stereocenters. The van der Waals surface area contributed by atoms with Crippen LogP contribution in [0.3, 0.4) is 0 Å². The fourth-order valence-corrected chi connectivity index (χ4v) is 5.64. The van der Waals surface area contributed by atoms with Crippen LogP contribution in [0.2, 0.25) is 5.02 Å². The molecular formula is C16H17ClN2O4S2. The first-order chi connectivity index (χ1) is 11.8. The lowest BCUT2D eigenvalue weighted by atomic mass is 10.4. The maximum atomic E-state index is 12.6. The summed E-state index contributed by atoms with van der Waals surface area (Å²) in [5.74, 6) is 0.